The van der Waals surface area contributed by atoms with Crippen molar-refractivity contribution in [2.75, 3.05) is 26.2 Å². The standard InChI is InChI=1S/C16H27N3O/c1-4-14-6-5-7-18-16(14)11-17-10-15-12-19(13(2)3)8-9-20-15/h5-7,13,15,17H,4,8-12H2,1-3H3. The minimum atomic E-state index is 0.292. The molecule has 112 valence electrons. The predicted octanol–water partition coefficient (Wildman–Crippen LogP) is 1.84. The fraction of sp³-hybridized carbons (Fsp3) is 0.688. The molecule has 0 aromatic carbocycles. The quantitative estimate of drug-likeness (QED) is 0.861. The first-order valence-electron chi connectivity index (χ1n) is 7.69. The third-order valence-electron chi connectivity index (χ3n) is 3.93. The second-order valence-corrected chi connectivity index (χ2v) is 5.68. The molecule has 2 heterocycles. The molecule has 2 rings (SSSR count). The Hall–Kier alpha value is -0.970. The number of nitrogens with zero attached hydrogens (tertiary/aromatic N) is 2. The number of aromatic nitrogens is 1. The summed E-state index contributed by atoms with van der Waals surface area (Å²) >= 11 is 0. The van der Waals surface area contributed by atoms with Crippen LogP contribution >= 0.6 is 0 Å². The maximum absolute atomic E-state index is 5.83. The fourth-order valence-electron chi connectivity index (χ4n) is 2.64. The van der Waals surface area contributed by atoms with E-state index >= 15 is 0 Å². The Kier molecular flexibility index (Phi) is 5.95. The summed E-state index contributed by atoms with van der Waals surface area (Å²) in [6.07, 6.45) is 3.19. The monoisotopic (exact) mass is 277 g/mol. The van der Waals surface area contributed by atoms with Crippen molar-refractivity contribution in [3.05, 3.63) is 29.6 Å². The molecule has 4 nitrogen and oxygen atoms in total. The molecule has 1 aliphatic heterocycles. The average molecular weight is 277 g/mol. The van der Waals surface area contributed by atoms with E-state index in [2.05, 4.69) is 42.0 Å². The van der Waals surface area contributed by atoms with Crippen LogP contribution in [0.1, 0.15) is 32.0 Å². The molecular weight excluding hydrogens is 250 g/mol. The lowest BCUT2D eigenvalue weighted by atomic mass is 10.1. The van der Waals surface area contributed by atoms with Crippen molar-refractivity contribution in [1.82, 2.24) is 15.2 Å². The van der Waals surface area contributed by atoms with E-state index < -0.39 is 0 Å². The van der Waals surface area contributed by atoms with Gasteiger partial charge in [-0.1, -0.05) is 13.0 Å². The zero-order chi connectivity index (χ0) is 14.4. The molecule has 1 saturated heterocycles. The van der Waals surface area contributed by atoms with E-state index in [0.717, 1.165) is 44.9 Å². The summed E-state index contributed by atoms with van der Waals surface area (Å²) in [6, 6.07) is 4.76. The Morgan fingerprint density at radius 2 is 2.35 bits per heavy atom. The smallest absolute Gasteiger partial charge is 0.0826 e. The van der Waals surface area contributed by atoms with Crippen LogP contribution in [-0.4, -0.2) is 48.3 Å². The van der Waals surface area contributed by atoms with Crippen LogP contribution in [0.2, 0.25) is 0 Å². The minimum Gasteiger partial charge on any atom is -0.374 e. The van der Waals surface area contributed by atoms with Crippen molar-refractivity contribution < 1.29 is 4.74 Å². The Balaban J connectivity index is 1.78. The first-order chi connectivity index (χ1) is 9.70. The van der Waals surface area contributed by atoms with Gasteiger partial charge >= 0.3 is 0 Å². The molecule has 0 bridgehead atoms. The van der Waals surface area contributed by atoms with Crippen LogP contribution in [0.15, 0.2) is 18.3 Å². The van der Waals surface area contributed by atoms with Crippen LogP contribution in [0.25, 0.3) is 0 Å². The highest BCUT2D eigenvalue weighted by atomic mass is 16.5. The first kappa shape index (κ1) is 15.4. The lowest BCUT2D eigenvalue weighted by Gasteiger charge is -2.35. The molecule has 1 aromatic heterocycles. The van der Waals surface area contributed by atoms with E-state index in [1.807, 2.05) is 12.3 Å². The lowest BCUT2D eigenvalue weighted by Crippen LogP contribution is -2.49. The molecule has 0 spiro atoms. The van der Waals surface area contributed by atoms with Crippen LogP contribution in [-0.2, 0) is 17.7 Å². The molecule has 0 amide bonds. The molecule has 4 heteroatoms. The largest absolute Gasteiger partial charge is 0.374 e. The second kappa shape index (κ2) is 7.72. The van der Waals surface area contributed by atoms with Gasteiger partial charge in [0, 0.05) is 38.4 Å². The molecule has 0 aliphatic carbocycles. The third kappa shape index (κ3) is 4.27. The summed E-state index contributed by atoms with van der Waals surface area (Å²) in [7, 11) is 0. The van der Waals surface area contributed by atoms with Crippen molar-refractivity contribution in [1.29, 1.82) is 0 Å². The maximum atomic E-state index is 5.83. The zero-order valence-corrected chi connectivity index (χ0v) is 12.9. The van der Waals surface area contributed by atoms with Gasteiger partial charge in [0.2, 0.25) is 0 Å². The van der Waals surface area contributed by atoms with Crippen molar-refractivity contribution >= 4 is 0 Å². The van der Waals surface area contributed by atoms with Crippen LogP contribution in [0, 0.1) is 0 Å². The van der Waals surface area contributed by atoms with Gasteiger partial charge in [0.25, 0.3) is 0 Å². The molecule has 1 aliphatic rings. The Bertz CT molecular complexity index is 408. The SMILES string of the molecule is CCc1cccnc1CNCC1CN(C(C)C)CCO1. The molecule has 1 unspecified atom stereocenters. The van der Waals surface area contributed by atoms with Crippen molar-refractivity contribution in [2.24, 2.45) is 0 Å². The first-order valence-corrected chi connectivity index (χ1v) is 7.69. The number of rotatable bonds is 6. The van der Waals surface area contributed by atoms with Crippen LogP contribution in [0.3, 0.4) is 0 Å². The number of nitrogens with one attached hydrogen (secondary N) is 1. The summed E-state index contributed by atoms with van der Waals surface area (Å²) in [4.78, 5) is 6.94. The van der Waals surface area contributed by atoms with Gasteiger partial charge in [-0.15, -0.1) is 0 Å². The summed E-state index contributed by atoms with van der Waals surface area (Å²) in [5.41, 5.74) is 2.49. The highest BCUT2D eigenvalue weighted by molar-refractivity contribution is 5.19. The number of morpholine rings is 1. The molecule has 1 aromatic rings. The van der Waals surface area contributed by atoms with Crippen molar-refractivity contribution in [3.63, 3.8) is 0 Å². The summed E-state index contributed by atoms with van der Waals surface area (Å²) in [5, 5.41) is 3.49. The Morgan fingerprint density at radius 3 is 3.10 bits per heavy atom. The summed E-state index contributed by atoms with van der Waals surface area (Å²) < 4.78 is 5.83. The number of pyridine rings is 1. The number of ether oxygens (including phenoxy) is 1. The predicted molar refractivity (Wildman–Crippen MR) is 81.8 cm³/mol. The van der Waals surface area contributed by atoms with Crippen LogP contribution < -0.4 is 5.32 Å². The molecular formula is C16H27N3O. The number of hydrogen-bond acceptors (Lipinski definition) is 4. The third-order valence-corrected chi connectivity index (χ3v) is 3.93. The molecule has 1 N–H and O–H groups in total. The fourth-order valence-corrected chi connectivity index (χ4v) is 2.64. The molecule has 1 fully saturated rings. The van der Waals surface area contributed by atoms with Crippen LogP contribution in [0.5, 0.6) is 0 Å². The van der Waals surface area contributed by atoms with Crippen molar-refractivity contribution in [2.45, 2.75) is 45.9 Å². The maximum Gasteiger partial charge on any atom is 0.0826 e. The average Bonchev–Trinajstić information content (AvgIpc) is 2.48. The van der Waals surface area contributed by atoms with E-state index in [1.54, 1.807) is 0 Å². The topological polar surface area (TPSA) is 37.4 Å². The zero-order valence-electron chi connectivity index (χ0n) is 12.9. The molecule has 1 atom stereocenters. The lowest BCUT2D eigenvalue weighted by molar-refractivity contribution is -0.0372. The van der Waals surface area contributed by atoms with E-state index in [-0.39, 0.29) is 0 Å². The van der Waals surface area contributed by atoms with E-state index in [0.29, 0.717) is 12.1 Å². The van der Waals surface area contributed by atoms with Gasteiger partial charge in [-0.05, 0) is 31.9 Å². The van der Waals surface area contributed by atoms with Gasteiger partial charge in [-0.3, -0.25) is 9.88 Å². The van der Waals surface area contributed by atoms with E-state index in [9.17, 15) is 0 Å². The van der Waals surface area contributed by atoms with Gasteiger partial charge in [0.15, 0.2) is 0 Å². The number of hydrogen-bond donors (Lipinski definition) is 1. The minimum absolute atomic E-state index is 0.292. The Morgan fingerprint density at radius 1 is 1.50 bits per heavy atom. The van der Waals surface area contributed by atoms with Gasteiger partial charge in [0.05, 0.1) is 18.4 Å². The molecule has 0 saturated carbocycles. The highest BCUT2D eigenvalue weighted by Gasteiger charge is 2.21. The van der Waals surface area contributed by atoms with Gasteiger partial charge in [-0.2, -0.15) is 0 Å². The number of aryl methyl sites for hydroxylation is 1. The van der Waals surface area contributed by atoms with Gasteiger partial charge in [0.1, 0.15) is 0 Å². The summed E-state index contributed by atoms with van der Waals surface area (Å²) in [5.74, 6) is 0. The Labute approximate surface area is 122 Å². The second-order valence-electron chi connectivity index (χ2n) is 5.68. The molecule has 0 radical (unpaired) electrons. The molecule has 20 heavy (non-hydrogen) atoms. The van der Waals surface area contributed by atoms with E-state index in [1.165, 1.54) is 5.56 Å². The van der Waals surface area contributed by atoms with Gasteiger partial charge in [-0.25, -0.2) is 0 Å². The van der Waals surface area contributed by atoms with E-state index in [4.69, 9.17) is 4.74 Å². The normalized spacial score (nSPS) is 20.5. The highest BCUT2D eigenvalue weighted by Crippen LogP contribution is 2.09. The van der Waals surface area contributed by atoms with Gasteiger partial charge < -0.3 is 10.1 Å². The van der Waals surface area contributed by atoms with Crippen LogP contribution in [0.4, 0.5) is 0 Å². The summed E-state index contributed by atoms with van der Waals surface area (Å²) in [6.45, 7) is 11.3. The van der Waals surface area contributed by atoms with Crippen molar-refractivity contribution in [3.8, 4) is 0 Å².